The second-order valence-corrected chi connectivity index (χ2v) is 4.86. The molecule has 19 heavy (non-hydrogen) atoms. The lowest BCUT2D eigenvalue weighted by Gasteiger charge is -2.18. The number of amides is 1. The summed E-state index contributed by atoms with van der Waals surface area (Å²) in [6.07, 6.45) is 1.99. The largest absolute Gasteiger partial charge is 0.484 e. The third-order valence-electron chi connectivity index (χ3n) is 3.72. The molecule has 0 spiro atoms. The van der Waals surface area contributed by atoms with E-state index >= 15 is 0 Å². The molecular formula is C15H22N2O2. The number of carbonyl (C=O) groups excluding carboxylic acids is 1. The number of likely N-dealkylation sites (N-methyl/N-ethyl adjacent to an activating group) is 1. The molecule has 0 unspecified atom stereocenters. The first-order valence-corrected chi connectivity index (χ1v) is 6.94. The van der Waals surface area contributed by atoms with Gasteiger partial charge in [-0.2, -0.15) is 0 Å². The number of hydrogen-bond donors (Lipinski definition) is 1. The van der Waals surface area contributed by atoms with Crippen LogP contribution < -0.4 is 10.5 Å². The molecule has 0 aromatic heterocycles. The summed E-state index contributed by atoms with van der Waals surface area (Å²) >= 11 is 0. The lowest BCUT2D eigenvalue weighted by molar-refractivity contribution is -0.132. The summed E-state index contributed by atoms with van der Waals surface area (Å²) in [6.45, 7) is 5.48. The van der Waals surface area contributed by atoms with Gasteiger partial charge in [0, 0.05) is 19.1 Å². The maximum atomic E-state index is 11.8. The molecule has 0 radical (unpaired) electrons. The molecule has 1 aliphatic carbocycles. The van der Waals surface area contributed by atoms with Gasteiger partial charge in [0.25, 0.3) is 5.91 Å². The van der Waals surface area contributed by atoms with Crippen LogP contribution in [-0.2, 0) is 11.2 Å². The van der Waals surface area contributed by atoms with Gasteiger partial charge >= 0.3 is 0 Å². The van der Waals surface area contributed by atoms with E-state index in [1.807, 2.05) is 32.0 Å². The first kappa shape index (κ1) is 13.9. The van der Waals surface area contributed by atoms with Crippen molar-refractivity contribution in [2.24, 2.45) is 5.73 Å². The zero-order chi connectivity index (χ0) is 13.8. The molecule has 2 N–H and O–H groups in total. The minimum absolute atomic E-state index is 0.0298. The average Bonchev–Trinajstić information content (AvgIpc) is 2.79. The Morgan fingerprint density at radius 2 is 2.16 bits per heavy atom. The summed E-state index contributed by atoms with van der Waals surface area (Å²) in [5, 5.41) is 0. The van der Waals surface area contributed by atoms with Crippen LogP contribution in [0.2, 0.25) is 0 Å². The molecule has 0 bridgehead atoms. The van der Waals surface area contributed by atoms with Crippen molar-refractivity contribution in [3.63, 3.8) is 0 Å². The predicted octanol–water partition coefficient (Wildman–Crippen LogP) is 1.88. The second-order valence-electron chi connectivity index (χ2n) is 4.86. The number of carbonyl (C=O) groups is 1. The molecule has 1 amide bonds. The first-order chi connectivity index (χ1) is 9.15. The van der Waals surface area contributed by atoms with Gasteiger partial charge in [0.05, 0.1) is 0 Å². The van der Waals surface area contributed by atoms with Crippen molar-refractivity contribution in [2.45, 2.75) is 32.7 Å². The number of rotatable bonds is 5. The van der Waals surface area contributed by atoms with Crippen LogP contribution >= 0.6 is 0 Å². The Balaban J connectivity index is 1.96. The molecule has 1 aromatic carbocycles. The van der Waals surface area contributed by atoms with Gasteiger partial charge in [-0.05, 0) is 49.9 Å². The summed E-state index contributed by atoms with van der Waals surface area (Å²) in [7, 11) is 0. The Bertz CT molecular complexity index is 455. The zero-order valence-corrected chi connectivity index (χ0v) is 11.7. The highest BCUT2D eigenvalue weighted by Crippen LogP contribution is 2.31. The monoisotopic (exact) mass is 262 g/mol. The van der Waals surface area contributed by atoms with Crippen molar-refractivity contribution in [1.29, 1.82) is 0 Å². The van der Waals surface area contributed by atoms with Crippen molar-refractivity contribution < 1.29 is 9.53 Å². The van der Waals surface area contributed by atoms with Gasteiger partial charge in [0.1, 0.15) is 5.75 Å². The van der Waals surface area contributed by atoms with E-state index in [9.17, 15) is 4.79 Å². The number of fused-ring (bicyclic) bond motifs is 1. The predicted molar refractivity (Wildman–Crippen MR) is 75.1 cm³/mol. The van der Waals surface area contributed by atoms with Crippen LogP contribution in [0.4, 0.5) is 0 Å². The first-order valence-electron chi connectivity index (χ1n) is 6.94. The second kappa shape index (κ2) is 6.06. The average molecular weight is 262 g/mol. The molecule has 0 heterocycles. The smallest absolute Gasteiger partial charge is 0.260 e. The molecule has 4 heteroatoms. The Kier molecular flexibility index (Phi) is 4.43. The molecule has 2 rings (SSSR count). The van der Waals surface area contributed by atoms with Crippen LogP contribution in [-0.4, -0.2) is 30.5 Å². The lowest BCUT2D eigenvalue weighted by atomic mass is 10.1. The fourth-order valence-electron chi connectivity index (χ4n) is 2.53. The summed E-state index contributed by atoms with van der Waals surface area (Å²) in [5.41, 5.74) is 8.45. The maximum absolute atomic E-state index is 11.8. The topological polar surface area (TPSA) is 55.6 Å². The van der Waals surface area contributed by atoms with E-state index < -0.39 is 0 Å². The number of nitrogens with zero attached hydrogens (tertiary/aromatic N) is 1. The maximum Gasteiger partial charge on any atom is 0.260 e. The number of ether oxygens (including phenoxy) is 1. The van der Waals surface area contributed by atoms with E-state index in [4.69, 9.17) is 10.5 Å². The van der Waals surface area contributed by atoms with Crippen LogP contribution in [0, 0.1) is 0 Å². The van der Waals surface area contributed by atoms with Crippen molar-refractivity contribution in [3.8, 4) is 5.75 Å². The van der Waals surface area contributed by atoms with E-state index in [1.54, 1.807) is 4.90 Å². The number of aryl methyl sites for hydroxylation is 1. The quantitative estimate of drug-likeness (QED) is 0.881. The van der Waals surface area contributed by atoms with Crippen LogP contribution in [0.15, 0.2) is 18.2 Å². The molecule has 0 fully saturated rings. The van der Waals surface area contributed by atoms with Gasteiger partial charge in [0.2, 0.25) is 0 Å². The van der Waals surface area contributed by atoms with E-state index in [1.165, 1.54) is 11.1 Å². The van der Waals surface area contributed by atoms with Crippen LogP contribution in [0.25, 0.3) is 0 Å². The summed E-state index contributed by atoms with van der Waals surface area (Å²) in [6, 6.07) is 6.09. The van der Waals surface area contributed by atoms with Crippen molar-refractivity contribution in [2.75, 3.05) is 19.7 Å². The van der Waals surface area contributed by atoms with Crippen LogP contribution in [0.3, 0.4) is 0 Å². The highest BCUT2D eigenvalue weighted by molar-refractivity contribution is 5.77. The molecule has 4 nitrogen and oxygen atoms in total. The SMILES string of the molecule is CCN(CC)C(=O)COc1ccc2c(c1)CC[C@H]2N. The van der Waals surface area contributed by atoms with Crippen LogP contribution in [0.1, 0.15) is 37.4 Å². The normalized spacial score (nSPS) is 17.1. The Morgan fingerprint density at radius 1 is 1.42 bits per heavy atom. The van der Waals surface area contributed by atoms with Crippen LogP contribution in [0.5, 0.6) is 5.75 Å². The molecule has 1 aromatic rings. The minimum Gasteiger partial charge on any atom is -0.484 e. The third-order valence-corrected chi connectivity index (χ3v) is 3.72. The molecule has 0 aliphatic heterocycles. The summed E-state index contributed by atoms with van der Waals surface area (Å²) in [5.74, 6) is 0.788. The van der Waals surface area contributed by atoms with Gasteiger partial charge < -0.3 is 15.4 Å². The third kappa shape index (κ3) is 3.07. The number of nitrogens with two attached hydrogens (primary N) is 1. The Hall–Kier alpha value is -1.55. The Morgan fingerprint density at radius 3 is 2.84 bits per heavy atom. The molecule has 0 saturated heterocycles. The van der Waals surface area contributed by atoms with E-state index in [-0.39, 0.29) is 18.6 Å². The van der Waals surface area contributed by atoms with E-state index in [0.717, 1.165) is 31.7 Å². The summed E-state index contributed by atoms with van der Waals surface area (Å²) < 4.78 is 5.58. The highest BCUT2D eigenvalue weighted by Gasteiger charge is 2.19. The van der Waals surface area contributed by atoms with Gasteiger partial charge in [0.15, 0.2) is 6.61 Å². The van der Waals surface area contributed by atoms with Gasteiger partial charge in [-0.25, -0.2) is 0 Å². The van der Waals surface area contributed by atoms with Gasteiger partial charge in [-0.3, -0.25) is 4.79 Å². The Labute approximate surface area is 114 Å². The van der Waals surface area contributed by atoms with Crippen molar-refractivity contribution >= 4 is 5.91 Å². The standard InChI is InChI=1S/C15H22N2O2/c1-3-17(4-2)15(18)10-19-12-6-7-13-11(9-12)5-8-14(13)16/h6-7,9,14H,3-5,8,10,16H2,1-2H3/t14-/m1/s1. The van der Waals surface area contributed by atoms with E-state index in [0.29, 0.717) is 0 Å². The highest BCUT2D eigenvalue weighted by atomic mass is 16.5. The van der Waals surface area contributed by atoms with E-state index in [2.05, 4.69) is 0 Å². The fourth-order valence-corrected chi connectivity index (χ4v) is 2.53. The molecule has 1 atom stereocenters. The summed E-state index contributed by atoms with van der Waals surface area (Å²) in [4.78, 5) is 13.6. The molecule has 104 valence electrons. The zero-order valence-electron chi connectivity index (χ0n) is 11.7. The molecule has 0 saturated carbocycles. The number of benzene rings is 1. The fraction of sp³-hybridized carbons (Fsp3) is 0.533. The number of hydrogen-bond acceptors (Lipinski definition) is 3. The van der Waals surface area contributed by atoms with Crippen molar-refractivity contribution in [3.05, 3.63) is 29.3 Å². The molecular weight excluding hydrogens is 240 g/mol. The van der Waals surface area contributed by atoms with Gasteiger partial charge in [-0.15, -0.1) is 0 Å². The minimum atomic E-state index is 0.0298. The van der Waals surface area contributed by atoms with Crippen molar-refractivity contribution in [1.82, 2.24) is 4.90 Å². The van der Waals surface area contributed by atoms with Gasteiger partial charge in [-0.1, -0.05) is 6.07 Å². The molecule has 1 aliphatic rings. The lowest BCUT2D eigenvalue weighted by Crippen LogP contribution is -2.34.